The van der Waals surface area contributed by atoms with E-state index in [0.717, 1.165) is 30.6 Å². The van der Waals surface area contributed by atoms with E-state index in [1.165, 1.54) is 0 Å². The summed E-state index contributed by atoms with van der Waals surface area (Å²) in [7, 11) is 0. The summed E-state index contributed by atoms with van der Waals surface area (Å²) in [6, 6.07) is 0. The largest absolute Gasteiger partial charge is 0.289 e. The van der Waals surface area contributed by atoms with E-state index in [1.807, 2.05) is 11.6 Å². The maximum absolute atomic E-state index is 11.6. The van der Waals surface area contributed by atoms with Crippen molar-refractivity contribution < 1.29 is 0 Å². The molecule has 0 aliphatic rings. The molecule has 3 heteroatoms. The van der Waals surface area contributed by atoms with Crippen molar-refractivity contribution in [3.8, 4) is 0 Å². The van der Waals surface area contributed by atoms with E-state index in [2.05, 4.69) is 25.9 Å². The Hall–Kier alpha value is -0.990. The second-order valence-corrected chi connectivity index (χ2v) is 4.25. The summed E-state index contributed by atoms with van der Waals surface area (Å²) in [5.74, 6) is 0.535. The molecular weight excluding hydrogens is 176 g/mol. The van der Waals surface area contributed by atoms with E-state index in [0.29, 0.717) is 5.92 Å². The van der Waals surface area contributed by atoms with Crippen LogP contribution in [0.2, 0.25) is 0 Å². The summed E-state index contributed by atoms with van der Waals surface area (Å²) in [4.78, 5) is 11.6. The van der Waals surface area contributed by atoms with Crippen LogP contribution in [0.25, 0.3) is 0 Å². The highest BCUT2D eigenvalue weighted by Crippen LogP contribution is 2.08. The maximum atomic E-state index is 11.6. The average molecular weight is 196 g/mol. The number of hydrogen-bond acceptors (Lipinski definition) is 1. The molecule has 0 saturated carbocycles. The molecule has 0 bridgehead atoms. The number of aryl methyl sites for hydroxylation is 1. The van der Waals surface area contributed by atoms with Gasteiger partial charge in [0.25, 0.3) is 5.56 Å². The van der Waals surface area contributed by atoms with Gasteiger partial charge in [0.2, 0.25) is 0 Å². The van der Waals surface area contributed by atoms with Gasteiger partial charge in [-0.2, -0.15) is 0 Å². The lowest BCUT2D eigenvalue weighted by Crippen LogP contribution is -2.09. The van der Waals surface area contributed by atoms with E-state index >= 15 is 0 Å². The van der Waals surface area contributed by atoms with Crippen molar-refractivity contribution in [2.75, 3.05) is 0 Å². The van der Waals surface area contributed by atoms with Crippen molar-refractivity contribution in [2.24, 2.45) is 5.92 Å². The van der Waals surface area contributed by atoms with E-state index in [1.54, 1.807) is 0 Å². The molecular formula is C11H20N2O. The second kappa shape index (κ2) is 4.49. The third kappa shape index (κ3) is 2.28. The Morgan fingerprint density at radius 3 is 2.57 bits per heavy atom. The van der Waals surface area contributed by atoms with Gasteiger partial charge in [0.05, 0.1) is 0 Å². The predicted octanol–water partition coefficient (Wildman–Crippen LogP) is 2.09. The first-order valence-electron chi connectivity index (χ1n) is 5.34. The molecule has 0 aromatic carbocycles. The molecule has 1 heterocycles. The Bertz CT molecular complexity index is 347. The van der Waals surface area contributed by atoms with Crippen LogP contribution in [0, 0.1) is 12.8 Å². The fourth-order valence-corrected chi connectivity index (χ4v) is 1.70. The number of nitrogens with zero attached hydrogens (tertiary/aromatic N) is 1. The Labute approximate surface area is 85.1 Å². The van der Waals surface area contributed by atoms with Gasteiger partial charge >= 0.3 is 0 Å². The van der Waals surface area contributed by atoms with Crippen LogP contribution in [0.5, 0.6) is 0 Å². The number of aromatic nitrogens is 2. The molecule has 0 aliphatic carbocycles. The Morgan fingerprint density at radius 1 is 1.43 bits per heavy atom. The minimum Gasteiger partial charge on any atom is -0.289 e. The highest BCUT2D eigenvalue weighted by molar-refractivity contribution is 5.16. The summed E-state index contributed by atoms with van der Waals surface area (Å²) in [6.07, 6.45) is 1.92. The third-order valence-corrected chi connectivity index (χ3v) is 2.41. The summed E-state index contributed by atoms with van der Waals surface area (Å²) in [5.41, 5.74) is 2.14. The topological polar surface area (TPSA) is 37.8 Å². The first-order chi connectivity index (χ1) is 6.56. The fourth-order valence-electron chi connectivity index (χ4n) is 1.70. The van der Waals surface area contributed by atoms with Gasteiger partial charge in [0, 0.05) is 17.8 Å². The Kier molecular flexibility index (Phi) is 3.55. The monoisotopic (exact) mass is 196 g/mol. The van der Waals surface area contributed by atoms with Crippen LogP contribution < -0.4 is 5.56 Å². The van der Waals surface area contributed by atoms with Crippen molar-refractivity contribution in [1.82, 2.24) is 9.78 Å². The molecule has 0 saturated heterocycles. The highest BCUT2D eigenvalue weighted by atomic mass is 16.1. The first-order valence-corrected chi connectivity index (χ1v) is 5.34. The van der Waals surface area contributed by atoms with Crippen LogP contribution in [-0.2, 0) is 13.0 Å². The zero-order valence-corrected chi connectivity index (χ0v) is 9.55. The molecule has 3 nitrogen and oxygen atoms in total. The van der Waals surface area contributed by atoms with Crippen molar-refractivity contribution in [2.45, 2.75) is 47.1 Å². The van der Waals surface area contributed by atoms with Crippen LogP contribution >= 0.6 is 0 Å². The minimum absolute atomic E-state index is 0.0876. The molecule has 1 rings (SSSR count). The molecule has 0 spiro atoms. The van der Waals surface area contributed by atoms with Gasteiger partial charge in [-0.1, -0.05) is 20.8 Å². The fraction of sp³-hybridized carbons (Fsp3) is 0.727. The van der Waals surface area contributed by atoms with Crippen molar-refractivity contribution in [1.29, 1.82) is 0 Å². The van der Waals surface area contributed by atoms with Crippen LogP contribution in [0.1, 0.15) is 38.4 Å². The average Bonchev–Trinajstić information content (AvgIpc) is 2.33. The lowest BCUT2D eigenvalue weighted by atomic mass is 10.0. The maximum Gasteiger partial charge on any atom is 0.267 e. The third-order valence-electron chi connectivity index (χ3n) is 2.41. The van der Waals surface area contributed by atoms with Gasteiger partial charge in [-0.05, 0) is 25.7 Å². The van der Waals surface area contributed by atoms with Crippen LogP contribution in [0.4, 0.5) is 0 Å². The standard InChI is InChI=1S/C11H20N2O/c1-5-6-13-9(4)10(7-8(2)3)11(14)12-13/h8H,5-7H2,1-4H3,(H,12,14). The number of hydrogen-bond donors (Lipinski definition) is 1. The quantitative estimate of drug-likeness (QED) is 0.786. The number of H-pyrrole nitrogens is 1. The SMILES string of the molecule is CCCn1[nH]c(=O)c(CC(C)C)c1C. The molecule has 0 radical (unpaired) electrons. The molecule has 1 aromatic heterocycles. The number of rotatable bonds is 4. The van der Waals surface area contributed by atoms with Crippen LogP contribution in [0.3, 0.4) is 0 Å². The lowest BCUT2D eigenvalue weighted by molar-refractivity contribution is 0.580. The van der Waals surface area contributed by atoms with E-state index in [-0.39, 0.29) is 5.56 Å². The predicted molar refractivity (Wildman–Crippen MR) is 58.6 cm³/mol. The van der Waals surface area contributed by atoms with Gasteiger partial charge in [-0.3, -0.25) is 14.6 Å². The van der Waals surface area contributed by atoms with Gasteiger partial charge in [0.1, 0.15) is 0 Å². The summed E-state index contributed by atoms with van der Waals surface area (Å²) >= 11 is 0. The van der Waals surface area contributed by atoms with Crippen LogP contribution in [-0.4, -0.2) is 9.78 Å². The molecule has 0 atom stereocenters. The Balaban J connectivity index is 2.99. The summed E-state index contributed by atoms with van der Waals surface area (Å²) < 4.78 is 1.96. The van der Waals surface area contributed by atoms with E-state index in [4.69, 9.17) is 0 Å². The number of aromatic amines is 1. The van der Waals surface area contributed by atoms with E-state index < -0.39 is 0 Å². The second-order valence-electron chi connectivity index (χ2n) is 4.25. The molecule has 1 aromatic rings. The highest BCUT2D eigenvalue weighted by Gasteiger charge is 2.11. The summed E-state index contributed by atoms with van der Waals surface area (Å²) in [6.45, 7) is 9.30. The molecule has 0 amide bonds. The normalized spacial score (nSPS) is 11.2. The van der Waals surface area contributed by atoms with Crippen LogP contribution in [0.15, 0.2) is 4.79 Å². The van der Waals surface area contributed by atoms with Crippen molar-refractivity contribution in [3.63, 3.8) is 0 Å². The van der Waals surface area contributed by atoms with Gasteiger partial charge < -0.3 is 0 Å². The molecule has 0 aliphatic heterocycles. The van der Waals surface area contributed by atoms with Crippen molar-refractivity contribution >= 4 is 0 Å². The smallest absolute Gasteiger partial charge is 0.267 e. The van der Waals surface area contributed by atoms with Gasteiger partial charge in [0.15, 0.2) is 0 Å². The molecule has 14 heavy (non-hydrogen) atoms. The van der Waals surface area contributed by atoms with Gasteiger partial charge in [-0.15, -0.1) is 0 Å². The minimum atomic E-state index is 0.0876. The zero-order valence-electron chi connectivity index (χ0n) is 9.55. The lowest BCUT2D eigenvalue weighted by Gasteiger charge is -2.05. The molecule has 0 unspecified atom stereocenters. The molecule has 0 fully saturated rings. The molecule has 80 valence electrons. The molecule has 1 N–H and O–H groups in total. The Morgan fingerprint density at radius 2 is 2.07 bits per heavy atom. The first kappa shape index (κ1) is 11.1. The van der Waals surface area contributed by atoms with E-state index in [9.17, 15) is 4.79 Å². The number of nitrogens with one attached hydrogen (secondary N) is 1. The van der Waals surface area contributed by atoms with Gasteiger partial charge in [-0.25, -0.2) is 0 Å². The zero-order chi connectivity index (χ0) is 10.7. The summed E-state index contributed by atoms with van der Waals surface area (Å²) in [5, 5.41) is 2.88. The van der Waals surface area contributed by atoms with Crippen molar-refractivity contribution in [3.05, 3.63) is 21.6 Å².